The van der Waals surface area contributed by atoms with Gasteiger partial charge in [-0.3, -0.25) is 4.79 Å². The molecule has 132 valence electrons. The predicted molar refractivity (Wildman–Crippen MR) is 97.9 cm³/mol. The number of carbonyl (C=O) groups is 1. The molecule has 3 rings (SSSR count). The van der Waals surface area contributed by atoms with Crippen molar-refractivity contribution in [3.05, 3.63) is 59.7 Å². The lowest BCUT2D eigenvalue weighted by Crippen LogP contribution is -2.58. The number of para-hydroxylation sites is 1. The van der Waals surface area contributed by atoms with Crippen LogP contribution in [0, 0.1) is 0 Å². The molecule has 5 heteroatoms. The molecule has 2 aromatic carbocycles. The normalized spacial score (nSPS) is 19.3. The maximum atomic E-state index is 13.2. The van der Waals surface area contributed by atoms with Gasteiger partial charge < -0.3 is 19.7 Å². The second-order valence-electron chi connectivity index (χ2n) is 6.06. The van der Waals surface area contributed by atoms with Gasteiger partial charge in [0.15, 0.2) is 0 Å². The van der Waals surface area contributed by atoms with E-state index in [0.717, 1.165) is 23.4 Å². The standard InChI is InChI=1S/C20H24N2O3/c1-4-20(15-9-11-16(25-3)12-10-15)21-18-8-6-5-7-17(18)19(23)22(20)13-14-24-2/h5-12,21H,4,13-14H2,1-3H3. The van der Waals surface area contributed by atoms with Gasteiger partial charge in [0.2, 0.25) is 0 Å². The summed E-state index contributed by atoms with van der Waals surface area (Å²) in [6.45, 7) is 3.07. The minimum Gasteiger partial charge on any atom is -0.497 e. The van der Waals surface area contributed by atoms with Crippen molar-refractivity contribution in [3.8, 4) is 5.75 Å². The van der Waals surface area contributed by atoms with Crippen LogP contribution in [0.2, 0.25) is 0 Å². The summed E-state index contributed by atoms with van der Waals surface area (Å²) in [7, 11) is 3.30. The van der Waals surface area contributed by atoms with E-state index in [1.165, 1.54) is 0 Å². The van der Waals surface area contributed by atoms with Crippen LogP contribution in [0.3, 0.4) is 0 Å². The van der Waals surface area contributed by atoms with Crippen molar-refractivity contribution < 1.29 is 14.3 Å². The number of amides is 1. The lowest BCUT2D eigenvalue weighted by molar-refractivity contribution is 0.0381. The highest BCUT2D eigenvalue weighted by atomic mass is 16.5. The first-order valence-electron chi connectivity index (χ1n) is 8.49. The number of hydrogen-bond acceptors (Lipinski definition) is 4. The summed E-state index contributed by atoms with van der Waals surface area (Å²) in [5, 5.41) is 3.61. The molecule has 1 N–H and O–H groups in total. The first kappa shape index (κ1) is 17.3. The van der Waals surface area contributed by atoms with Crippen molar-refractivity contribution in [1.82, 2.24) is 4.90 Å². The van der Waals surface area contributed by atoms with Crippen LogP contribution in [0.5, 0.6) is 5.75 Å². The zero-order chi connectivity index (χ0) is 17.9. The van der Waals surface area contributed by atoms with Gasteiger partial charge in [-0.2, -0.15) is 0 Å². The van der Waals surface area contributed by atoms with Gasteiger partial charge in [-0.25, -0.2) is 0 Å². The molecule has 0 aliphatic carbocycles. The fourth-order valence-corrected chi connectivity index (χ4v) is 3.44. The largest absolute Gasteiger partial charge is 0.497 e. The molecule has 1 heterocycles. The van der Waals surface area contributed by atoms with Crippen molar-refractivity contribution in [3.63, 3.8) is 0 Å². The summed E-state index contributed by atoms with van der Waals surface area (Å²) in [5.41, 5.74) is 1.96. The topological polar surface area (TPSA) is 50.8 Å². The van der Waals surface area contributed by atoms with Crippen molar-refractivity contribution >= 4 is 11.6 Å². The molecule has 1 aliphatic rings. The smallest absolute Gasteiger partial charge is 0.258 e. The second-order valence-corrected chi connectivity index (χ2v) is 6.06. The number of nitrogens with one attached hydrogen (secondary N) is 1. The van der Waals surface area contributed by atoms with Gasteiger partial charge in [0.25, 0.3) is 5.91 Å². The third-order valence-corrected chi connectivity index (χ3v) is 4.80. The highest BCUT2D eigenvalue weighted by Crippen LogP contribution is 2.40. The van der Waals surface area contributed by atoms with Gasteiger partial charge >= 0.3 is 0 Å². The second kappa shape index (κ2) is 7.15. The lowest BCUT2D eigenvalue weighted by atomic mass is 9.89. The molecule has 0 bridgehead atoms. The molecule has 25 heavy (non-hydrogen) atoms. The summed E-state index contributed by atoms with van der Waals surface area (Å²) >= 11 is 0. The number of nitrogens with zero attached hydrogens (tertiary/aromatic N) is 1. The number of methoxy groups -OCH3 is 2. The van der Waals surface area contributed by atoms with Crippen LogP contribution in [0.25, 0.3) is 0 Å². The van der Waals surface area contributed by atoms with Gasteiger partial charge in [0, 0.05) is 19.3 Å². The molecule has 0 spiro atoms. The molecular formula is C20H24N2O3. The fourth-order valence-electron chi connectivity index (χ4n) is 3.44. The van der Waals surface area contributed by atoms with Crippen LogP contribution in [-0.4, -0.2) is 38.2 Å². The van der Waals surface area contributed by atoms with Gasteiger partial charge in [0.05, 0.1) is 19.3 Å². The summed E-state index contributed by atoms with van der Waals surface area (Å²) in [5.74, 6) is 0.810. The Bertz CT molecular complexity index is 745. The average Bonchev–Trinajstić information content (AvgIpc) is 2.67. The van der Waals surface area contributed by atoms with E-state index in [1.54, 1.807) is 14.2 Å². The third kappa shape index (κ3) is 2.96. The van der Waals surface area contributed by atoms with E-state index in [1.807, 2.05) is 53.4 Å². The Labute approximate surface area is 148 Å². The van der Waals surface area contributed by atoms with E-state index in [-0.39, 0.29) is 5.91 Å². The minimum absolute atomic E-state index is 0.0177. The van der Waals surface area contributed by atoms with Crippen LogP contribution >= 0.6 is 0 Å². The molecule has 5 nitrogen and oxygen atoms in total. The Kier molecular flexibility index (Phi) is 4.95. The third-order valence-electron chi connectivity index (χ3n) is 4.80. The summed E-state index contributed by atoms with van der Waals surface area (Å²) in [4.78, 5) is 15.1. The van der Waals surface area contributed by atoms with Crippen molar-refractivity contribution in [1.29, 1.82) is 0 Å². The number of benzene rings is 2. The van der Waals surface area contributed by atoms with Gasteiger partial charge in [-0.15, -0.1) is 0 Å². The molecule has 0 aromatic heterocycles. The Morgan fingerprint density at radius 2 is 1.80 bits per heavy atom. The Hall–Kier alpha value is -2.53. The van der Waals surface area contributed by atoms with Crippen LogP contribution < -0.4 is 10.1 Å². The first-order chi connectivity index (χ1) is 12.2. The molecule has 2 aromatic rings. The molecule has 0 saturated carbocycles. The summed E-state index contributed by atoms with van der Waals surface area (Å²) < 4.78 is 10.5. The van der Waals surface area contributed by atoms with E-state index in [4.69, 9.17) is 9.47 Å². The van der Waals surface area contributed by atoms with E-state index >= 15 is 0 Å². The summed E-state index contributed by atoms with van der Waals surface area (Å²) in [6.07, 6.45) is 0.725. The number of hydrogen-bond donors (Lipinski definition) is 1. The predicted octanol–water partition coefficient (Wildman–Crippen LogP) is 3.47. The van der Waals surface area contributed by atoms with E-state index in [2.05, 4.69) is 12.2 Å². The maximum Gasteiger partial charge on any atom is 0.258 e. The highest BCUT2D eigenvalue weighted by molar-refractivity contribution is 6.02. The zero-order valence-electron chi connectivity index (χ0n) is 14.9. The van der Waals surface area contributed by atoms with Crippen LogP contribution in [0.4, 0.5) is 5.69 Å². The quantitative estimate of drug-likeness (QED) is 0.875. The fraction of sp³-hybridized carbons (Fsp3) is 0.350. The van der Waals surface area contributed by atoms with E-state index in [9.17, 15) is 4.79 Å². The van der Waals surface area contributed by atoms with Gasteiger partial charge in [0.1, 0.15) is 11.4 Å². The van der Waals surface area contributed by atoms with Crippen LogP contribution in [0.1, 0.15) is 29.3 Å². The number of rotatable bonds is 6. The van der Waals surface area contributed by atoms with Crippen molar-refractivity contribution in [2.45, 2.75) is 19.0 Å². The Balaban J connectivity index is 2.11. The van der Waals surface area contributed by atoms with E-state index < -0.39 is 5.66 Å². The number of fused-ring (bicyclic) bond motifs is 1. The highest BCUT2D eigenvalue weighted by Gasteiger charge is 2.44. The van der Waals surface area contributed by atoms with Crippen molar-refractivity contribution in [2.75, 3.05) is 32.7 Å². The molecule has 0 radical (unpaired) electrons. The molecule has 1 amide bonds. The molecule has 1 unspecified atom stereocenters. The van der Waals surface area contributed by atoms with E-state index in [0.29, 0.717) is 18.7 Å². The summed E-state index contributed by atoms with van der Waals surface area (Å²) in [6, 6.07) is 15.5. The van der Waals surface area contributed by atoms with Crippen molar-refractivity contribution in [2.24, 2.45) is 0 Å². The number of ether oxygens (including phenoxy) is 2. The molecule has 1 aliphatic heterocycles. The van der Waals surface area contributed by atoms with Crippen LogP contribution in [-0.2, 0) is 10.4 Å². The molecule has 0 fully saturated rings. The molecule has 0 saturated heterocycles. The average molecular weight is 340 g/mol. The van der Waals surface area contributed by atoms with Crippen LogP contribution in [0.15, 0.2) is 48.5 Å². The number of anilines is 1. The zero-order valence-corrected chi connectivity index (χ0v) is 14.9. The Morgan fingerprint density at radius 1 is 1.08 bits per heavy atom. The van der Waals surface area contributed by atoms with Gasteiger partial charge in [-0.1, -0.05) is 31.2 Å². The Morgan fingerprint density at radius 3 is 2.44 bits per heavy atom. The maximum absolute atomic E-state index is 13.2. The molecule has 1 atom stereocenters. The minimum atomic E-state index is -0.615. The number of carbonyl (C=O) groups excluding carboxylic acids is 1. The monoisotopic (exact) mass is 340 g/mol. The van der Waals surface area contributed by atoms with Gasteiger partial charge in [-0.05, 0) is 36.2 Å². The SMILES string of the molecule is CCC1(c2ccc(OC)cc2)Nc2ccccc2C(=O)N1CCOC. The molecular weight excluding hydrogens is 316 g/mol. The lowest BCUT2D eigenvalue weighted by Gasteiger charge is -2.48. The first-order valence-corrected chi connectivity index (χ1v) is 8.49.